The summed E-state index contributed by atoms with van der Waals surface area (Å²) in [6, 6.07) is 37.4. The molecule has 0 aliphatic carbocycles. The number of ether oxygens (including phenoxy) is 1. The Balaban J connectivity index is 1.65. The zero-order chi connectivity index (χ0) is 20.6. The lowest BCUT2D eigenvalue weighted by Crippen LogP contribution is -2.23. The number of hydrogen-bond acceptors (Lipinski definition) is 3. The van der Waals surface area contributed by atoms with Crippen molar-refractivity contribution in [3.63, 3.8) is 0 Å². The summed E-state index contributed by atoms with van der Waals surface area (Å²) in [5.41, 5.74) is 3.80. The maximum atomic E-state index is 12.7. The SMILES string of the molecule is O=C(Oc1ccccc1N(Cc1ccccc1)Cc1ccccc1)c1ccccc1. The van der Waals surface area contributed by atoms with Gasteiger partial charge in [0.15, 0.2) is 5.75 Å². The van der Waals surface area contributed by atoms with Gasteiger partial charge in [0.25, 0.3) is 0 Å². The Morgan fingerprint density at radius 2 is 1.07 bits per heavy atom. The fourth-order valence-corrected chi connectivity index (χ4v) is 3.37. The largest absolute Gasteiger partial charge is 0.421 e. The number of anilines is 1. The average molecular weight is 393 g/mol. The third-order valence-electron chi connectivity index (χ3n) is 4.85. The lowest BCUT2D eigenvalue weighted by atomic mass is 10.1. The Morgan fingerprint density at radius 1 is 0.600 bits per heavy atom. The number of nitrogens with zero attached hydrogens (tertiary/aromatic N) is 1. The molecule has 0 aliphatic heterocycles. The van der Waals surface area contributed by atoms with Crippen LogP contribution in [0.1, 0.15) is 21.5 Å². The smallest absolute Gasteiger partial charge is 0.343 e. The molecule has 0 saturated heterocycles. The van der Waals surface area contributed by atoms with Crippen LogP contribution in [0.15, 0.2) is 115 Å². The number of para-hydroxylation sites is 2. The fraction of sp³-hybridized carbons (Fsp3) is 0.0741. The van der Waals surface area contributed by atoms with Crippen molar-refractivity contribution in [1.82, 2.24) is 0 Å². The van der Waals surface area contributed by atoms with Crippen LogP contribution in [0.25, 0.3) is 0 Å². The Morgan fingerprint density at radius 3 is 1.63 bits per heavy atom. The second kappa shape index (κ2) is 9.57. The first kappa shape index (κ1) is 19.5. The maximum Gasteiger partial charge on any atom is 0.343 e. The predicted molar refractivity (Wildman–Crippen MR) is 121 cm³/mol. The fourth-order valence-electron chi connectivity index (χ4n) is 3.37. The molecular formula is C27H23NO2. The van der Waals surface area contributed by atoms with E-state index in [9.17, 15) is 4.79 Å². The molecule has 4 aromatic carbocycles. The molecule has 0 atom stereocenters. The third kappa shape index (κ3) is 4.95. The van der Waals surface area contributed by atoms with Crippen molar-refractivity contribution in [1.29, 1.82) is 0 Å². The summed E-state index contributed by atoms with van der Waals surface area (Å²) in [5.74, 6) is 0.195. The van der Waals surface area contributed by atoms with Crippen LogP contribution in [-0.2, 0) is 13.1 Å². The number of esters is 1. The van der Waals surface area contributed by atoms with E-state index in [1.54, 1.807) is 12.1 Å². The summed E-state index contributed by atoms with van der Waals surface area (Å²) >= 11 is 0. The molecule has 0 heterocycles. The topological polar surface area (TPSA) is 29.5 Å². The number of hydrogen-bond donors (Lipinski definition) is 0. The molecule has 148 valence electrons. The van der Waals surface area contributed by atoms with E-state index in [-0.39, 0.29) is 5.97 Å². The minimum absolute atomic E-state index is 0.359. The quantitative estimate of drug-likeness (QED) is 0.280. The maximum absolute atomic E-state index is 12.7. The molecule has 3 nitrogen and oxygen atoms in total. The van der Waals surface area contributed by atoms with Gasteiger partial charge in [0.05, 0.1) is 11.3 Å². The van der Waals surface area contributed by atoms with Gasteiger partial charge in [0.1, 0.15) is 0 Å². The minimum Gasteiger partial charge on any atom is -0.421 e. The van der Waals surface area contributed by atoms with Gasteiger partial charge in [-0.1, -0.05) is 91.0 Å². The highest BCUT2D eigenvalue weighted by molar-refractivity contribution is 5.91. The van der Waals surface area contributed by atoms with Crippen LogP contribution in [0.5, 0.6) is 5.75 Å². The van der Waals surface area contributed by atoms with E-state index in [0.717, 1.165) is 5.69 Å². The zero-order valence-electron chi connectivity index (χ0n) is 16.6. The van der Waals surface area contributed by atoms with Gasteiger partial charge in [-0.15, -0.1) is 0 Å². The highest BCUT2D eigenvalue weighted by Gasteiger charge is 2.16. The summed E-state index contributed by atoms with van der Waals surface area (Å²) in [6.45, 7) is 1.41. The van der Waals surface area contributed by atoms with E-state index in [2.05, 4.69) is 29.2 Å². The van der Waals surface area contributed by atoms with E-state index in [1.807, 2.05) is 78.9 Å². The zero-order valence-corrected chi connectivity index (χ0v) is 16.6. The Labute approximate surface area is 177 Å². The Hall–Kier alpha value is -3.85. The number of carbonyl (C=O) groups is 1. The van der Waals surface area contributed by atoms with Gasteiger partial charge >= 0.3 is 5.97 Å². The van der Waals surface area contributed by atoms with Crippen LogP contribution in [0.4, 0.5) is 5.69 Å². The molecule has 0 radical (unpaired) electrons. The summed E-state index contributed by atoms with van der Waals surface area (Å²) in [6.07, 6.45) is 0. The summed E-state index contributed by atoms with van der Waals surface area (Å²) in [4.78, 5) is 14.9. The van der Waals surface area contributed by atoms with Gasteiger partial charge < -0.3 is 9.64 Å². The van der Waals surface area contributed by atoms with Crippen molar-refractivity contribution in [2.24, 2.45) is 0 Å². The monoisotopic (exact) mass is 393 g/mol. The highest BCUT2D eigenvalue weighted by Crippen LogP contribution is 2.31. The number of rotatable bonds is 7. The van der Waals surface area contributed by atoms with E-state index >= 15 is 0 Å². The molecule has 0 bridgehead atoms. The first-order chi connectivity index (χ1) is 14.8. The first-order valence-corrected chi connectivity index (χ1v) is 9.98. The molecule has 4 rings (SSSR count). The van der Waals surface area contributed by atoms with Gasteiger partial charge in [-0.3, -0.25) is 0 Å². The van der Waals surface area contributed by atoms with E-state index < -0.39 is 0 Å². The third-order valence-corrected chi connectivity index (χ3v) is 4.85. The summed E-state index contributed by atoms with van der Waals surface area (Å²) < 4.78 is 5.81. The van der Waals surface area contributed by atoms with E-state index in [1.165, 1.54) is 11.1 Å². The molecule has 0 unspecified atom stereocenters. The molecule has 30 heavy (non-hydrogen) atoms. The lowest BCUT2D eigenvalue weighted by Gasteiger charge is -2.27. The molecule has 0 N–H and O–H groups in total. The Bertz CT molecular complexity index is 1040. The number of carbonyl (C=O) groups excluding carboxylic acids is 1. The molecule has 0 aromatic heterocycles. The predicted octanol–water partition coefficient (Wildman–Crippen LogP) is 6.11. The minimum atomic E-state index is -0.359. The van der Waals surface area contributed by atoms with Crippen LogP contribution in [0.3, 0.4) is 0 Å². The van der Waals surface area contributed by atoms with Crippen molar-refractivity contribution >= 4 is 11.7 Å². The Kier molecular flexibility index (Phi) is 6.21. The van der Waals surface area contributed by atoms with Crippen LogP contribution >= 0.6 is 0 Å². The van der Waals surface area contributed by atoms with Crippen molar-refractivity contribution in [2.75, 3.05) is 4.90 Å². The van der Waals surface area contributed by atoms with E-state index in [0.29, 0.717) is 24.4 Å². The molecule has 0 aliphatic rings. The second-order valence-corrected chi connectivity index (χ2v) is 7.05. The van der Waals surface area contributed by atoms with Gasteiger partial charge in [-0.2, -0.15) is 0 Å². The van der Waals surface area contributed by atoms with Crippen LogP contribution in [0, 0.1) is 0 Å². The van der Waals surface area contributed by atoms with Gasteiger partial charge in [0.2, 0.25) is 0 Å². The van der Waals surface area contributed by atoms with Crippen molar-refractivity contribution in [3.8, 4) is 5.75 Å². The van der Waals surface area contributed by atoms with Crippen LogP contribution < -0.4 is 9.64 Å². The lowest BCUT2D eigenvalue weighted by molar-refractivity contribution is 0.0735. The molecule has 0 spiro atoms. The molecule has 0 amide bonds. The first-order valence-electron chi connectivity index (χ1n) is 9.98. The highest BCUT2D eigenvalue weighted by atomic mass is 16.5. The van der Waals surface area contributed by atoms with Crippen molar-refractivity contribution in [2.45, 2.75) is 13.1 Å². The van der Waals surface area contributed by atoms with Crippen LogP contribution in [-0.4, -0.2) is 5.97 Å². The molecule has 0 fully saturated rings. The molecule has 3 heteroatoms. The van der Waals surface area contributed by atoms with Crippen molar-refractivity contribution < 1.29 is 9.53 Å². The standard InChI is InChI=1S/C27H23NO2/c29-27(24-16-8-3-9-17-24)30-26-19-11-10-18-25(26)28(20-22-12-4-1-5-13-22)21-23-14-6-2-7-15-23/h1-19H,20-21H2. The average Bonchev–Trinajstić information content (AvgIpc) is 2.81. The van der Waals surface area contributed by atoms with Gasteiger partial charge in [0, 0.05) is 13.1 Å². The van der Waals surface area contributed by atoms with E-state index in [4.69, 9.17) is 4.74 Å². The summed E-state index contributed by atoms with van der Waals surface area (Å²) in [5, 5.41) is 0. The van der Waals surface area contributed by atoms with Gasteiger partial charge in [-0.25, -0.2) is 4.79 Å². The molecule has 0 saturated carbocycles. The normalized spacial score (nSPS) is 10.4. The van der Waals surface area contributed by atoms with Gasteiger partial charge in [-0.05, 0) is 35.4 Å². The molecule has 4 aromatic rings. The number of benzene rings is 4. The second-order valence-electron chi connectivity index (χ2n) is 7.05. The molecular weight excluding hydrogens is 370 g/mol. The van der Waals surface area contributed by atoms with Crippen LogP contribution in [0.2, 0.25) is 0 Å². The van der Waals surface area contributed by atoms with Crippen molar-refractivity contribution in [3.05, 3.63) is 132 Å². The summed E-state index contributed by atoms with van der Waals surface area (Å²) in [7, 11) is 0.